The highest BCUT2D eigenvalue weighted by Gasteiger charge is 2.29. The largest absolute Gasteiger partial charge is 0.424 e. The number of nitrogens with zero attached hydrogens (tertiary/aromatic N) is 3. The zero-order valence-corrected chi connectivity index (χ0v) is 11.7. The standard InChI is InChI=1S/C7HBr2N3O4S/c8-2-1-3-5(6(4(2)9)11(13)14)10-7(17-3)12(15)16/h1H. The molecule has 88 valence electrons. The second-order valence-corrected chi connectivity index (χ2v) is 5.53. The van der Waals surface area contributed by atoms with Crippen LogP contribution in [0.2, 0.25) is 0 Å². The second-order valence-electron chi connectivity index (χ2n) is 2.88. The van der Waals surface area contributed by atoms with Crippen molar-refractivity contribution in [2.45, 2.75) is 0 Å². The minimum Gasteiger partial charge on any atom is -0.357 e. The number of hydrogen-bond donors (Lipinski definition) is 0. The predicted octanol–water partition coefficient (Wildman–Crippen LogP) is 3.64. The van der Waals surface area contributed by atoms with E-state index in [-0.39, 0.29) is 20.8 Å². The van der Waals surface area contributed by atoms with Crippen LogP contribution in [0.5, 0.6) is 0 Å². The molecule has 0 bridgehead atoms. The number of benzene rings is 1. The molecule has 0 amide bonds. The molecule has 0 aliphatic heterocycles. The van der Waals surface area contributed by atoms with E-state index < -0.39 is 9.85 Å². The highest BCUT2D eigenvalue weighted by molar-refractivity contribution is 9.13. The molecule has 7 nitrogen and oxygen atoms in total. The van der Waals surface area contributed by atoms with E-state index in [0.717, 1.165) is 11.3 Å². The molecule has 0 radical (unpaired) electrons. The summed E-state index contributed by atoms with van der Waals surface area (Å²) in [5.74, 6) is 0. The first-order valence-corrected chi connectivity index (χ1v) is 6.39. The van der Waals surface area contributed by atoms with Gasteiger partial charge in [0.25, 0.3) is 5.52 Å². The third-order valence-corrected chi connectivity index (χ3v) is 4.79. The van der Waals surface area contributed by atoms with Crippen molar-refractivity contribution in [3.05, 3.63) is 35.2 Å². The summed E-state index contributed by atoms with van der Waals surface area (Å²) in [6, 6.07) is 1.55. The van der Waals surface area contributed by atoms with E-state index in [1.165, 1.54) is 0 Å². The van der Waals surface area contributed by atoms with Gasteiger partial charge in [-0.1, -0.05) is 0 Å². The van der Waals surface area contributed by atoms with Gasteiger partial charge in [-0.05, 0) is 59.2 Å². The lowest BCUT2D eigenvalue weighted by Crippen LogP contribution is -1.92. The molecule has 1 aromatic heterocycles. The van der Waals surface area contributed by atoms with Gasteiger partial charge in [0.15, 0.2) is 0 Å². The van der Waals surface area contributed by atoms with Crippen molar-refractivity contribution in [2.75, 3.05) is 0 Å². The summed E-state index contributed by atoms with van der Waals surface area (Å²) in [4.78, 5) is 23.9. The monoisotopic (exact) mass is 381 g/mol. The Morgan fingerprint density at radius 2 is 1.88 bits per heavy atom. The summed E-state index contributed by atoms with van der Waals surface area (Å²) >= 11 is 6.99. The molecule has 2 rings (SSSR count). The minimum absolute atomic E-state index is 0.0155. The van der Waals surface area contributed by atoms with Gasteiger partial charge in [0.05, 0.1) is 9.62 Å². The van der Waals surface area contributed by atoms with Crippen LogP contribution in [0.15, 0.2) is 15.0 Å². The summed E-state index contributed by atoms with van der Waals surface area (Å²) in [5, 5.41) is 21.1. The molecular weight excluding hydrogens is 382 g/mol. The van der Waals surface area contributed by atoms with Crippen molar-refractivity contribution in [1.29, 1.82) is 0 Å². The first-order valence-electron chi connectivity index (χ1n) is 3.99. The average molecular weight is 383 g/mol. The highest BCUT2D eigenvalue weighted by atomic mass is 79.9. The lowest BCUT2D eigenvalue weighted by Gasteiger charge is -1.96. The van der Waals surface area contributed by atoms with Gasteiger partial charge < -0.3 is 10.1 Å². The lowest BCUT2D eigenvalue weighted by atomic mass is 10.3. The molecule has 1 heterocycles. The smallest absolute Gasteiger partial charge is 0.357 e. The molecule has 0 saturated heterocycles. The molecule has 0 aliphatic carbocycles. The fourth-order valence-corrected chi connectivity index (χ4v) is 3.07. The molecule has 0 aliphatic rings. The van der Waals surface area contributed by atoms with Crippen molar-refractivity contribution >= 4 is 64.2 Å². The fourth-order valence-electron chi connectivity index (χ4n) is 1.23. The quantitative estimate of drug-likeness (QED) is 0.583. The van der Waals surface area contributed by atoms with Crippen LogP contribution < -0.4 is 0 Å². The number of halogens is 2. The maximum absolute atomic E-state index is 10.9. The topological polar surface area (TPSA) is 99.2 Å². The second kappa shape index (κ2) is 4.27. The SMILES string of the molecule is O=[N+]([O-])c1nc2c([N+](=O)[O-])c(Br)c(Br)cc2s1. The lowest BCUT2D eigenvalue weighted by molar-refractivity contribution is -0.386. The summed E-state index contributed by atoms with van der Waals surface area (Å²) in [6.07, 6.45) is 0. The van der Waals surface area contributed by atoms with Gasteiger partial charge in [-0.2, -0.15) is 0 Å². The van der Waals surface area contributed by atoms with E-state index >= 15 is 0 Å². The molecule has 0 N–H and O–H groups in total. The first-order chi connectivity index (χ1) is 7.91. The van der Waals surface area contributed by atoms with Gasteiger partial charge in [-0.3, -0.25) is 10.1 Å². The van der Waals surface area contributed by atoms with Crippen molar-refractivity contribution in [2.24, 2.45) is 0 Å². The molecule has 0 unspecified atom stereocenters. The number of aromatic nitrogens is 1. The molecule has 1 aromatic carbocycles. The normalized spacial score (nSPS) is 10.7. The third-order valence-electron chi connectivity index (χ3n) is 1.88. The van der Waals surface area contributed by atoms with Crippen molar-refractivity contribution in [1.82, 2.24) is 4.98 Å². The Bertz CT molecular complexity index is 656. The molecule has 0 spiro atoms. The van der Waals surface area contributed by atoms with Crippen LogP contribution >= 0.6 is 43.2 Å². The van der Waals surface area contributed by atoms with E-state index in [2.05, 4.69) is 36.8 Å². The Labute approximate surface area is 114 Å². The Hall–Kier alpha value is -1.13. The van der Waals surface area contributed by atoms with Crippen molar-refractivity contribution < 1.29 is 9.85 Å². The fraction of sp³-hybridized carbons (Fsp3) is 0. The van der Waals surface area contributed by atoms with Gasteiger partial charge in [-0.15, -0.1) is 0 Å². The molecule has 17 heavy (non-hydrogen) atoms. The Morgan fingerprint density at radius 1 is 1.24 bits per heavy atom. The average Bonchev–Trinajstić information content (AvgIpc) is 2.61. The number of rotatable bonds is 2. The summed E-state index contributed by atoms with van der Waals surface area (Å²) in [6.45, 7) is 0. The molecule has 0 atom stereocenters. The van der Waals surface area contributed by atoms with Crippen LogP contribution in [0.4, 0.5) is 10.8 Å². The van der Waals surface area contributed by atoms with E-state index in [1.54, 1.807) is 6.07 Å². The number of nitro groups is 2. The van der Waals surface area contributed by atoms with Gasteiger partial charge in [0.1, 0.15) is 4.47 Å². The Morgan fingerprint density at radius 3 is 2.41 bits per heavy atom. The van der Waals surface area contributed by atoms with Crippen LogP contribution in [-0.4, -0.2) is 14.8 Å². The zero-order valence-electron chi connectivity index (χ0n) is 7.72. The molecule has 2 aromatic rings. The number of hydrogen-bond acceptors (Lipinski definition) is 6. The number of thiazole rings is 1. The Balaban J connectivity index is 2.88. The molecule has 0 fully saturated rings. The highest BCUT2D eigenvalue weighted by Crippen LogP contribution is 2.42. The van der Waals surface area contributed by atoms with E-state index in [1.807, 2.05) is 0 Å². The first kappa shape index (κ1) is 12.3. The van der Waals surface area contributed by atoms with Crippen molar-refractivity contribution in [3.63, 3.8) is 0 Å². The predicted molar refractivity (Wildman–Crippen MR) is 68.3 cm³/mol. The number of nitro benzene ring substituents is 1. The van der Waals surface area contributed by atoms with Gasteiger partial charge in [0.2, 0.25) is 0 Å². The zero-order chi connectivity index (χ0) is 12.7. The minimum atomic E-state index is -0.670. The van der Waals surface area contributed by atoms with Crippen LogP contribution in [0.3, 0.4) is 0 Å². The number of fused-ring (bicyclic) bond motifs is 1. The maximum Gasteiger partial charge on any atom is 0.424 e. The molecule has 0 saturated carbocycles. The maximum atomic E-state index is 10.9. The third kappa shape index (κ3) is 2.03. The molecule has 10 heteroatoms. The van der Waals surface area contributed by atoms with Crippen LogP contribution in [0.1, 0.15) is 0 Å². The summed E-state index contributed by atoms with van der Waals surface area (Å²) < 4.78 is 1.06. The van der Waals surface area contributed by atoms with Crippen LogP contribution in [0, 0.1) is 20.2 Å². The van der Waals surface area contributed by atoms with Gasteiger partial charge in [-0.25, -0.2) is 0 Å². The van der Waals surface area contributed by atoms with Crippen LogP contribution in [0.25, 0.3) is 10.2 Å². The van der Waals surface area contributed by atoms with Crippen molar-refractivity contribution in [3.8, 4) is 0 Å². The Kier molecular flexibility index (Phi) is 3.10. The van der Waals surface area contributed by atoms with Gasteiger partial charge >= 0.3 is 10.8 Å². The van der Waals surface area contributed by atoms with E-state index in [4.69, 9.17) is 0 Å². The van der Waals surface area contributed by atoms with Crippen LogP contribution in [-0.2, 0) is 0 Å². The molecular formula is C7HBr2N3O4S. The van der Waals surface area contributed by atoms with E-state index in [9.17, 15) is 20.2 Å². The summed E-state index contributed by atoms with van der Waals surface area (Å²) in [5.41, 5.74) is -0.263. The summed E-state index contributed by atoms with van der Waals surface area (Å²) in [7, 11) is 0. The van der Waals surface area contributed by atoms with Gasteiger partial charge in [0, 0.05) is 4.47 Å². The van der Waals surface area contributed by atoms with E-state index in [0.29, 0.717) is 9.17 Å².